The molecular formula is C7H9I2NO. The highest BCUT2D eigenvalue weighted by molar-refractivity contribution is 14.1. The molecule has 4 heteroatoms. The summed E-state index contributed by atoms with van der Waals surface area (Å²) in [4.78, 5) is 13.2. The predicted molar refractivity (Wildman–Crippen MR) is 60.2 cm³/mol. The number of amides is 1. The summed E-state index contributed by atoms with van der Waals surface area (Å²) >= 11 is 4.30. The molecule has 62 valence electrons. The van der Waals surface area contributed by atoms with Gasteiger partial charge in [0.15, 0.2) is 0 Å². The number of alkyl halides is 1. The molecule has 2 nitrogen and oxygen atoms in total. The molecule has 2 rings (SSSR count). The minimum absolute atomic E-state index is 0.231. The van der Waals surface area contributed by atoms with E-state index >= 15 is 0 Å². The fourth-order valence-corrected chi connectivity index (χ4v) is 4.75. The van der Waals surface area contributed by atoms with Crippen LogP contribution >= 0.6 is 45.2 Å². The van der Waals surface area contributed by atoms with Crippen molar-refractivity contribution in [1.29, 1.82) is 0 Å². The lowest BCUT2D eigenvalue weighted by Gasteiger charge is -2.29. The molecule has 1 amide bonds. The number of rotatable bonds is 0. The fourth-order valence-electron chi connectivity index (χ4n) is 2.16. The molecule has 1 aliphatic carbocycles. The second kappa shape index (κ2) is 3.01. The van der Waals surface area contributed by atoms with Crippen molar-refractivity contribution in [3.05, 3.63) is 0 Å². The van der Waals surface area contributed by atoms with E-state index in [2.05, 4.69) is 27.5 Å². The monoisotopic (exact) mass is 377 g/mol. The van der Waals surface area contributed by atoms with E-state index in [1.165, 1.54) is 19.3 Å². The minimum Gasteiger partial charge on any atom is -0.319 e. The predicted octanol–water partition coefficient (Wildman–Crippen LogP) is 2.79. The Kier molecular flexibility index (Phi) is 2.33. The fraction of sp³-hybridized carbons (Fsp3) is 0.857. The van der Waals surface area contributed by atoms with E-state index in [1.807, 2.05) is 22.6 Å². The van der Waals surface area contributed by atoms with Gasteiger partial charge in [0.2, 0.25) is 0 Å². The van der Waals surface area contributed by atoms with E-state index in [1.54, 1.807) is 0 Å². The van der Waals surface area contributed by atoms with Crippen LogP contribution in [0.15, 0.2) is 0 Å². The van der Waals surface area contributed by atoms with Gasteiger partial charge in [0, 0.05) is 28.6 Å². The van der Waals surface area contributed by atoms with Gasteiger partial charge in [-0.2, -0.15) is 0 Å². The summed E-state index contributed by atoms with van der Waals surface area (Å²) < 4.78 is 0.713. The third kappa shape index (κ3) is 1.30. The molecule has 0 aromatic rings. The van der Waals surface area contributed by atoms with Crippen molar-refractivity contribution in [2.24, 2.45) is 5.92 Å². The first kappa shape index (κ1) is 8.52. The average Bonchev–Trinajstić information content (AvgIpc) is 2.44. The summed E-state index contributed by atoms with van der Waals surface area (Å²) in [6, 6.07) is 0.575. The van der Waals surface area contributed by atoms with E-state index < -0.39 is 0 Å². The maximum absolute atomic E-state index is 11.2. The topological polar surface area (TPSA) is 20.3 Å². The second-order valence-electron chi connectivity index (χ2n) is 3.26. The molecule has 0 radical (unpaired) electrons. The number of likely N-dealkylation sites (tertiary alicyclic amines) is 1. The van der Waals surface area contributed by atoms with Crippen LogP contribution in [0.25, 0.3) is 0 Å². The molecule has 3 atom stereocenters. The van der Waals surface area contributed by atoms with Crippen molar-refractivity contribution in [3.8, 4) is 0 Å². The van der Waals surface area contributed by atoms with Crippen molar-refractivity contribution >= 4 is 49.1 Å². The summed E-state index contributed by atoms with van der Waals surface area (Å²) in [5, 5.41) is 0. The molecular weight excluding hydrogens is 368 g/mol. The third-order valence-electron chi connectivity index (χ3n) is 2.70. The van der Waals surface area contributed by atoms with Crippen molar-refractivity contribution < 1.29 is 4.79 Å². The normalized spacial score (nSPS) is 41.6. The van der Waals surface area contributed by atoms with E-state index in [-0.39, 0.29) is 3.91 Å². The molecule has 0 N–H and O–H groups in total. The molecule has 2 bridgehead atoms. The van der Waals surface area contributed by atoms with Crippen LogP contribution in [-0.4, -0.2) is 18.9 Å². The zero-order valence-electron chi connectivity index (χ0n) is 5.96. The number of halogens is 2. The van der Waals surface area contributed by atoms with Gasteiger partial charge >= 0.3 is 0 Å². The van der Waals surface area contributed by atoms with Gasteiger partial charge in [-0.1, -0.05) is 22.6 Å². The van der Waals surface area contributed by atoms with Crippen molar-refractivity contribution in [2.45, 2.75) is 29.4 Å². The summed E-state index contributed by atoms with van der Waals surface area (Å²) in [7, 11) is 0. The SMILES string of the molecule is O=C(I)N1C2CCC(C2)C1I. The number of hydrogen-bond acceptors (Lipinski definition) is 1. The first-order chi connectivity index (χ1) is 5.20. The zero-order valence-corrected chi connectivity index (χ0v) is 10.3. The van der Waals surface area contributed by atoms with Crippen molar-refractivity contribution in [3.63, 3.8) is 0 Å². The van der Waals surface area contributed by atoms with Crippen molar-refractivity contribution in [2.75, 3.05) is 0 Å². The van der Waals surface area contributed by atoms with Crippen LogP contribution in [0.3, 0.4) is 0 Å². The largest absolute Gasteiger partial charge is 0.319 e. The summed E-state index contributed by atoms with van der Waals surface area (Å²) in [5.74, 6) is 0.791. The molecule has 1 heterocycles. The van der Waals surface area contributed by atoms with Crippen LogP contribution in [0, 0.1) is 5.92 Å². The maximum atomic E-state index is 11.2. The van der Waals surface area contributed by atoms with Gasteiger partial charge in [-0.25, -0.2) is 0 Å². The number of hydrogen-bond donors (Lipinski definition) is 0. The Morgan fingerprint density at radius 1 is 1.45 bits per heavy atom. The van der Waals surface area contributed by atoms with Gasteiger partial charge in [-0.3, -0.25) is 4.79 Å². The first-order valence-electron chi connectivity index (χ1n) is 3.82. The summed E-state index contributed by atoms with van der Waals surface area (Å²) in [6.07, 6.45) is 3.82. The summed E-state index contributed by atoms with van der Waals surface area (Å²) in [5.41, 5.74) is 0. The second-order valence-corrected chi connectivity index (χ2v) is 5.46. The number of carbonyl (C=O) groups excluding carboxylic acids is 1. The highest BCUT2D eigenvalue weighted by atomic mass is 127. The van der Waals surface area contributed by atoms with Gasteiger partial charge in [0.1, 0.15) is 0 Å². The Hall–Kier alpha value is 0.930. The maximum Gasteiger partial charge on any atom is 0.284 e. The van der Waals surface area contributed by atoms with Gasteiger partial charge in [-0.15, -0.1) is 0 Å². The Morgan fingerprint density at radius 2 is 2.18 bits per heavy atom. The van der Waals surface area contributed by atoms with Crippen LogP contribution in [0.4, 0.5) is 4.79 Å². The lowest BCUT2D eigenvalue weighted by atomic mass is 10.1. The molecule has 11 heavy (non-hydrogen) atoms. The van der Waals surface area contributed by atoms with Gasteiger partial charge < -0.3 is 4.90 Å². The molecule has 0 aromatic heterocycles. The Balaban J connectivity index is 2.17. The Bertz CT molecular complexity index is 195. The van der Waals surface area contributed by atoms with Gasteiger partial charge in [0.05, 0.1) is 4.05 Å². The molecule has 2 fully saturated rings. The standard InChI is InChI=1S/C7H9I2NO/c8-6-4-1-2-5(3-4)10(6)7(9)11/h4-6H,1-3H2. The lowest BCUT2D eigenvalue weighted by Crippen LogP contribution is -2.38. The van der Waals surface area contributed by atoms with Crippen LogP contribution < -0.4 is 0 Å². The Labute approximate surface area is 93.4 Å². The average molecular weight is 377 g/mol. The molecule has 3 unspecified atom stereocenters. The van der Waals surface area contributed by atoms with E-state index in [0.29, 0.717) is 10.1 Å². The lowest BCUT2D eigenvalue weighted by molar-refractivity contribution is 0.204. The molecule has 1 saturated heterocycles. The van der Waals surface area contributed by atoms with Crippen LogP contribution in [0.5, 0.6) is 0 Å². The molecule has 1 saturated carbocycles. The molecule has 0 spiro atoms. The van der Waals surface area contributed by atoms with E-state index in [4.69, 9.17) is 0 Å². The summed E-state index contributed by atoms with van der Waals surface area (Å²) in [6.45, 7) is 0. The highest BCUT2D eigenvalue weighted by Crippen LogP contribution is 2.45. The smallest absolute Gasteiger partial charge is 0.284 e. The molecule has 0 aromatic carbocycles. The first-order valence-corrected chi connectivity index (χ1v) is 6.14. The third-order valence-corrected chi connectivity index (χ3v) is 4.87. The van der Waals surface area contributed by atoms with Crippen LogP contribution in [0.1, 0.15) is 19.3 Å². The highest BCUT2D eigenvalue weighted by Gasteiger charge is 2.46. The van der Waals surface area contributed by atoms with E-state index in [9.17, 15) is 4.79 Å². The van der Waals surface area contributed by atoms with Crippen molar-refractivity contribution in [1.82, 2.24) is 4.90 Å². The van der Waals surface area contributed by atoms with Crippen LogP contribution in [0.2, 0.25) is 0 Å². The van der Waals surface area contributed by atoms with Gasteiger partial charge in [0.25, 0.3) is 3.91 Å². The Morgan fingerprint density at radius 3 is 2.55 bits per heavy atom. The number of piperidine rings is 1. The number of nitrogens with zero attached hydrogens (tertiary/aromatic N) is 1. The number of fused-ring (bicyclic) bond motifs is 2. The zero-order chi connectivity index (χ0) is 8.01. The van der Waals surface area contributed by atoms with Gasteiger partial charge in [-0.05, 0) is 25.2 Å². The van der Waals surface area contributed by atoms with Crippen LogP contribution in [-0.2, 0) is 0 Å². The van der Waals surface area contributed by atoms with E-state index in [0.717, 1.165) is 5.92 Å². The molecule has 1 aliphatic heterocycles. The molecule has 2 aliphatic rings. The number of carbonyl (C=O) groups is 1. The minimum atomic E-state index is 0.231. The quantitative estimate of drug-likeness (QED) is 0.275.